The number of halogens is 1. The summed E-state index contributed by atoms with van der Waals surface area (Å²) in [5.41, 5.74) is 2.07. The summed E-state index contributed by atoms with van der Waals surface area (Å²) in [6, 6.07) is 24.7. The first-order chi connectivity index (χ1) is 19.1. The van der Waals surface area contributed by atoms with E-state index in [0.717, 1.165) is 37.1 Å². The van der Waals surface area contributed by atoms with Gasteiger partial charge in [-0.05, 0) is 41.8 Å². The number of hydrogen-bond donors (Lipinski definition) is 1. The second kappa shape index (κ2) is 15.0. The molecule has 0 bridgehead atoms. The zero-order valence-corrected chi connectivity index (χ0v) is 25.6. The second-order valence-corrected chi connectivity index (χ2v) is 12.6. The van der Waals surface area contributed by atoms with E-state index >= 15 is 0 Å². The standard InChI is InChI=1S/C30H37BrN4O4S/c1-4-5-20-32-30(37)28(21-24-12-8-6-9-13-24)34(22-25-16-18-26(31)19-17-25)29(36)23-35(40(38,39)33(2)3)27-14-10-7-11-15-27/h6-19,28H,4-5,20-23H2,1-3H3,(H,32,37)/t28-/m0/s1. The Morgan fingerprint density at radius 2 is 1.48 bits per heavy atom. The number of hydrogen-bond acceptors (Lipinski definition) is 4. The number of amides is 2. The van der Waals surface area contributed by atoms with E-state index in [1.54, 1.807) is 30.3 Å². The number of nitrogens with one attached hydrogen (secondary N) is 1. The average molecular weight is 630 g/mol. The quantitative estimate of drug-likeness (QED) is 0.264. The Labute approximate surface area is 246 Å². The molecule has 214 valence electrons. The molecule has 0 heterocycles. The van der Waals surface area contributed by atoms with Gasteiger partial charge in [0.25, 0.3) is 0 Å². The summed E-state index contributed by atoms with van der Waals surface area (Å²) in [6.45, 7) is 2.20. The first kappa shape index (κ1) is 31.3. The number of unbranched alkanes of at least 4 members (excludes halogenated alkanes) is 1. The monoisotopic (exact) mass is 628 g/mol. The predicted octanol–water partition coefficient (Wildman–Crippen LogP) is 4.62. The number of nitrogens with zero attached hydrogens (tertiary/aromatic N) is 3. The molecule has 0 unspecified atom stereocenters. The fourth-order valence-corrected chi connectivity index (χ4v) is 5.48. The van der Waals surface area contributed by atoms with Crippen LogP contribution in [0.4, 0.5) is 5.69 Å². The largest absolute Gasteiger partial charge is 0.354 e. The van der Waals surface area contributed by atoms with Gasteiger partial charge in [0.1, 0.15) is 12.6 Å². The van der Waals surface area contributed by atoms with Gasteiger partial charge >= 0.3 is 10.2 Å². The van der Waals surface area contributed by atoms with Crippen LogP contribution in [0.25, 0.3) is 0 Å². The lowest BCUT2D eigenvalue weighted by molar-refractivity contribution is -0.140. The van der Waals surface area contributed by atoms with Gasteiger partial charge in [-0.2, -0.15) is 12.7 Å². The highest BCUT2D eigenvalue weighted by atomic mass is 79.9. The van der Waals surface area contributed by atoms with Crippen molar-refractivity contribution in [3.05, 3.63) is 101 Å². The summed E-state index contributed by atoms with van der Waals surface area (Å²) in [5.74, 6) is -0.756. The third-order valence-corrected chi connectivity index (χ3v) is 8.78. The zero-order chi connectivity index (χ0) is 29.1. The summed E-state index contributed by atoms with van der Waals surface area (Å²) < 4.78 is 29.7. The third-order valence-electron chi connectivity index (χ3n) is 6.43. The van der Waals surface area contributed by atoms with Crippen molar-refractivity contribution < 1.29 is 18.0 Å². The summed E-state index contributed by atoms with van der Waals surface area (Å²) >= 11 is 3.44. The van der Waals surface area contributed by atoms with Gasteiger partial charge in [0.2, 0.25) is 11.8 Å². The molecule has 8 nitrogen and oxygen atoms in total. The van der Waals surface area contributed by atoms with E-state index < -0.39 is 28.7 Å². The Kier molecular flexibility index (Phi) is 11.7. The average Bonchev–Trinajstić information content (AvgIpc) is 2.95. The maximum atomic E-state index is 14.1. The summed E-state index contributed by atoms with van der Waals surface area (Å²) in [5, 5.41) is 2.99. The molecule has 0 spiro atoms. The number of carbonyl (C=O) groups is 2. The smallest absolute Gasteiger partial charge is 0.304 e. The van der Waals surface area contributed by atoms with Crippen molar-refractivity contribution in [3.8, 4) is 0 Å². The van der Waals surface area contributed by atoms with Gasteiger partial charge in [0.05, 0.1) is 5.69 Å². The fourth-order valence-electron chi connectivity index (χ4n) is 4.16. The molecule has 0 aliphatic rings. The lowest BCUT2D eigenvalue weighted by Gasteiger charge is -2.34. The van der Waals surface area contributed by atoms with Gasteiger partial charge in [0, 0.05) is 38.1 Å². The molecule has 3 aromatic carbocycles. The SMILES string of the molecule is CCCCNC(=O)[C@H](Cc1ccccc1)N(Cc1ccc(Br)cc1)C(=O)CN(c1ccccc1)S(=O)(=O)N(C)C. The summed E-state index contributed by atoms with van der Waals surface area (Å²) in [7, 11) is -1.16. The van der Waals surface area contributed by atoms with Crippen molar-refractivity contribution >= 4 is 43.6 Å². The topological polar surface area (TPSA) is 90.0 Å². The summed E-state index contributed by atoms with van der Waals surface area (Å²) in [6.07, 6.45) is 2.01. The van der Waals surface area contributed by atoms with Gasteiger partial charge in [-0.3, -0.25) is 9.59 Å². The minimum absolute atomic E-state index is 0.134. The van der Waals surface area contributed by atoms with Gasteiger partial charge in [0.15, 0.2) is 0 Å². The summed E-state index contributed by atoms with van der Waals surface area (Å²) in [4.78, 5) is 29.3. The van der Waals surface area contributed by atoms with Crippen molar-refractivity contribution in [2.45, 2.75) is 38.8 Å². The van der Waals surface area contributed by atoms with Gasteiger partial charge < -0.3 is 10.2 Å². The molecule has 3 rings (SSSR count). The molecule has 10 heteroatoms. The molecule has 40 heavy (non-hydrogen) atoms. The first-order valence-electron chi connectivity index (χ1n) is 13.2. The number of rotatable bonds is 14. The van der Waals surface area contributed by atoms with Crippen LogP contribution in [0.15, 0.2) is 89.4 Å². The number of anilines is 1. The van der Waals surface area contributed by atoms with E-state index in [9.17, 15) is 18.0 Å². The van der Waals surface area contributed by atoms with Crippen molar-refractivity contribution in [1.29, 1.82) is 0 Å². The maximum absolute atomic E-state index is 14.1. The number of para-hydroxylation sites is 1. The van der Waals surface area contributed by atoms with Gasteiger partial charge in [-0.1, -0.05) is 89.9 Å². The minimum atomic E-state index is -4.01. The Morgan fingerprint density at radius 3 is 2.05 bits per heavy atom. The van der Waals surface area contributed by atoms with Crippen LogP contribution in [0.5, 0.6) is 0 Å². The Hall–Kier alpha value is -3.21. The highest BCUT2D eigenvalue weighted by Gasteiger charge is 2.34. The van der Waals surface area contributed by atoms with Crippen LogP contribution >= 0.6 is 15.9 Å². The molecule has 0 aliphatic heterocycles. The van der Waals surface area contributed by atoms with Crippen LogP contribution in [-0.4, -0.2) is 62.7 Å². The van der Waals surface area contributed by atoms with E-state index in [4.69, 9.17) is 0 Å². The van der Waals surface area contributed by atoms with E-state index in [-0.39, 0.29) is 18.9 Å². The lowest BCUT2D eigenvalue weighted by atomic mass is 10.0. The number of carbonyl (C=O) groups excluding carboxylic acids is 2. The first-order valence-corrected chi connectivity index (χ1v) is 15.4. The maximum Gasteiger partial charge on any atom is 0.304 e. The molecule has 1 N–H and O–H groups in total. The van der Waals surface area contributed by atoms with Gasteiger partial charge in [-0.25, -0.2) is 4.31 Å². The number of benzene rings is 3. The minimum Gasteiger partial charge on any atom is -0.354 e. The molecule has 0 aliphatic carbocycles. The van der Waals surface area contributed by atoms with Crippen LogP contribution < -0.4 is 9.62 Å². The van der Waals surface area contributed by atoms with E-state index in [2.05, 4.69) is 21.2 Å². The van der Waals surface area contributed by atoms with Crippen LogP contribution in [-0.2, 0) is 32.8 Å². The molecular formula is C30H37BrN4O4S. The van der Waals surface area contributed by atoms with E-state index in [1.165, 1.54) is 19.0 Å². The normalized spacial score (nSPS) is 12.1. The van der Waals surface area contributed by atoms with Crippen LogP contribution in [0.3, 0.4) is 0 Å². The predicted molar refractivity (Wildman–Crippen MR) is 163 cm³/mol. The molecule has 3 aromatic rings. The molecular weight excluding hydrogens is 592 g/mol. The molecule has 0 aromatic heterocycles. The Bertz CT molecular complexity index is 1340. The fraction of sp³-hybridized carbons (Fsp3) is 0.333. The molecule has 0 saturated heterocycles. The Balaban J connectivity index is 2.05. The van der Waals surface area contributed by atoms with E-state index in [0.29, 0.717) is 12.2 Å². The van der Waals surface area contributed by atoms with Crippen molar-refractivity contribution in [1.82, 2.24) is 14.5 Å². The molecule has 0 radical (unpaired) electrons. The Morgan fingerprint density at radius 1 is 0.875 bits per heavy atom. The van der Waals surface area contributed by atoms with Crippen molar-refractivity contribution in [2.75, 3.05) is 31.5 Å². The molecule has 0 fully saturated rings. The lowest BCUT2D eigenvalue weighted by Crippen LogP contribution is -2.54. The zero-order valence-electron chi connectivity index (χ0n) is 23.2. The van der Waals surface area contributed by atoms with Crippen LogP contribution in [0, 0.1) is 0 Å². The molecule has 2 amide bonds. The molecule has 0 saturated carbocycles. The van der Waals surface area contributed by atoms with Crippen LogP contribution in [0.1, 0.15) is 30.9 Å². The highest BCUT2D eigenvalue weighted by molar-refractivity contribution is 9.10. The van der Waals surface area contributed by atoms with E-state index in [1.807, 2.05) is 61.5 Å². The van der Waals surface area contributed by atoms with Crippen molar-refractivity contribution in [2.24, 2.45) is 0 Å². The van der Waals surface area contributed by atoms with Crippen LogP contribution in [0.2, 0.25) is 0 Å². The second-order valence-electron chi connectivity index (χ2n) is 9.63. The van der Waals surface area contributed by atoms with Crippen molar-refractivity contribution in [3.63, 3.8) is 0 Å². The third kappa shape index (κ3) is 8.64. The highest BCUT2D eigenvalue weighted by Crippen LogP contribution is 2.22. The van der Waals surface area contributed by atoms with Gasteiger partial charge in [-0.15, -0.1) is 0 Å². The molecule has 1 atom stereocenters.